The summed E-state index contributed by atoms with van der Waals surface area (Å²) in [5.74, 6) is -1.82. The van der Waals surface area contributed by atoms with Crippen molar-refractivity contribution in [3.63, 3.8) is 0 Å². The van der Waals surface area contributed by atoms with E-state index >= 15 is 0 Å². The third-order valence-corrected chi connectivity index (χ3v) is 5.00. The van der Waals surface area contributed by atoms with Crippen LogP contribution in [0.25, 0.3) is 11.1 Å². The van der Waals surface area contributed by atoms with E-state index < -0.39 is 5.97 Å². The Labute approximate surface area is 141 Å². The van der Waals surface area contributed by atoms with Crippen molar-refractivity contribution in [1.29, 1.82) is 5.26 Å². The number of ether oxygens (including phenoxy) is 1. The molecule has 0 saturated carbocycles. The first-order valence-electron chi connectivity index (χ1n) is 7.18. The summed E-state index contributed by atoms with van der Waals surface area (Å²) < 4.78 is 5.30. The van der Waals surface area contributed by atoms with Gasteiger partial charge >= 0.3 is 5.97 Å². The summed E-state index contributed by atoms with van der Waals surface area (Å²) in [4.78, 5) is 13.6. The Bertz CT molecular complexity index is 834. The number of anilines is 1. The molecule has 2 aromatic rings. The van der Waals surface area contributed by atoms with Crippen LogP contribution in [0, 0.1) is 11.3 Å². The molecule has 0 atom stereocenters. The van der Waals surface area contributed by atoms with Crippen molar-refractivity contribution in [2.45, 2.75) is 0 Å². The number of nitrogens with zero attached hydrogens (tertiary/aromatic N) is 2. The summed E-state index contributed by atoms with van der Waals surface area (Å²) in [5, 5.41) is 38.9. The fraction of sp³-hybridized carbons (Fsp3) is 0.250. The first kappa shape index (κ1) is 16.1. The van der Waals surface area contributed by atoms with Crippen LogP contribution in [0.3, 0.4) is 0 Å². The summed E-state index contributed by atoms with van der Waals surface area (Å²) >= 11 is 1.03. The maximum absolute atomic E-state index is 11.7. The molecule has 0 radical (unpaired) electrons. The van der Waals surface area contributed by atoms with E-state index in [4.69, 9.17) is 4.74 Å². The number of phenolic OH excluding ortho intramolecular Hbond substituents is 2. The van der Waals surface area contributed by atoms with Gasteiger partial charge in [0.2, 0.25) is 0 Å². The molecule has 3 rings (SSSR count). The first-order chi connectivity index (χ1) is 11.5. The zero-order valence-electron chi connectivity index (χ0n) is 12.5. The lowest BCUT2D eigenvalue weighted by Crippen LogP contribution is -2.36. The van der Waals surface area contributed by atoms with E-state index in [0.29, 0.717) is 36.9 Å². The Morgan fingerprint density at radius 1 is 1.25 bits per heavy atom. The van der Waals surface area contributed by atoms with Crippen molar-refractivity contribution in [2.24, 2.45) is 0 Å². The molecule has 0 spiro atoms. The van der Waals surface area contributed by atoms with Crippen molar-refractivity contribution < 1.29 is 24.9 Å². The predicted molar refractivity (Wildman–Crippen MR) is 87.8 cm³/mol. The number of nitriles is 1. The SMILES string of the molecule is N#Cc1c(N2CCOCC2)sc(C(=O)O)c1-c1ccc(O)c(O)c1. The molecule has 8 heteroatoms. The molecule has 1 fully saturated rings. The number of thiophene rings is 1. The van der Waals surface area contributed by atoms with Gasteiger partial charge in [0.15, 0.2) is 11.5 Å². The number of phenols is 2. The molecule has 1 saturated heterocycles. The van der Waals surface area contributed by atoms with E-state index in [-0.39, 0.29) is 27.5 Å². The number of carbonyl (C=O) groups is 1. The highest BCUT2D eigenvalue weighted by molar-refractivity contribution is 7.18. The van der Waals surface area contributed by atoms with Gasteiger partial charge in [0, 0.05) is 18.7 Å². The molecule has 124 valence electrons. The van der Waals surface area contributed by atoms with E-state index in [1.165, 1.54) is 18.2 Å². The molecule has 1 aromatic heterocycles. The molecule has 0 aliphatic carbocycles. The molecule has 0 bridgehead atoms. The average molecular weight is 346 g/mol. The van der Waals surface area contributed by atoms with Crippen molar-refractivity contribution >= 4 is 22.3 Å². The van der Waals surface area contributed by atoms with Crippen LogP contribution in [0.4, 0.5) is 5.00 Å². The number of rotatable bonds is 3. The molecule has 1 aromatic carbocycles. The third kappa shape index (κ3) is 2.75. The average Bonchev–Trinajstić information content (AvgIpc) is 2.98. The van der Waals surface area contributed by atoms with Gasteiger partial charge in [-0.15, -0.1) is 11.3 Å². The second-order valence-electron chi connectivity index (χ2n) is 5.21. The lowest BCUT2D eigenvalue weighted by atomic mass is 10.0. The van der Waals surface area contributed by atoms with Gasteiger partial charge in [-0.1, -0.05) is 6.07 Å². The van der Waals surface area contributed by atoms with Crippen molar-refractivity contribution in [3.8, 4) is 28.7 Å². The number of aromatic hydroxyl groups is 2. The van der Waals surface area contributed by atoms with Gasteiger partial charge in [-0.25, -0.2) is 4.79 Å². The van der Waals surface area contributed by atoms with Gasteiger partial charge in [0.05, 0.1) is 18.8 Å². The van der Waals surface area contributed by atoms with Gasteiger partial charge in [-0.2, -0.15) is 5.26 Å². The van der Waals surface area contributed by atoms with Gasteiger partial charge in [-0.3, -0.25) is 0 Å². The molecule has 3 N–H and O–H groups in total. The number of hydrogen-bond donors (Lipinski definition) is 3. The topological polar surface area (TPSA) is 114 Å². The predicted octanol–water partition coefficient (Wildman–Crippen LogP) is 2.23. The minimum absolute atomic E-state index is 0.0260. The van der Waals surface area contributed by atoms with E-state index in [1.54, 1.807) is 0 Å². The number of benzene rings is 1. The van der Waals surface area contributed by atoms with Gasteiger partial charge < -0.3 is 25.0 Å². The number of carboxylic acids is 1. The fourth-order valence-electron chi connectivity index (χ4n) is 2.62. The number of morpholine rings is 1. The Morgan fingerprint density at radius 3 is 2.54 bits per heavy atom. The zero-order valence-corrected chi connectivity index (χ0v) is 13.3. The summed E-state index contributed by atoms with van der Waals surface area (Å²) in [6, 6.07) is 6.09. The number of aromatic carboxylic acids is 1. The number of hydrogen-bond acceptors (Lipinski definition) is 7. The Morgan fingerprint density at radius 2 is 1.96 bits per heavy atom. The highest BCUT2D eigenvalue weighted by atomic mass is 32.1. The molecule has 0 unspecified atom stereocenters. The van der Waals surface area contributed by atoms with E-state index in [1.807, 2.05) is 4.90 Å². The van der Waals surface area contributed by atoms with Gasteiger partial charge in [0.25, 0.3) is 0 Å². The molecule has 24 heavy (non-hydrogen) atoms. The van der Waals surface area contributed by atoms with Crippen molar-refractivity contribution in [1.82, 2.24) is 0 Å². The largest absolute Gasteiger partial charge is 0.504 e. The van der Waals surface area contributed by atoms with Crippen LogP contribution in [0.1, 0.15) is 15.2 Å². The Hall–Kier alpha value is -2.76. The van der Waals surface area contributed by atoms with Crippen LogP contribution < -0.4 is 4.90 Å². The second kappa shape index (κ2) is 6.39. The molecule has 2 heterocycles. The van der Waals surface area contributed by atoms with Gasteiger partial charge in [0.1, 0.15) is 15.9 Å². The van der Waals surface area contributed by atoms with Crippen LogP contribution in [-0.2, 0) is 4.74 Å². The molecule has 0 amide bonds. The summed E-state index contributed by atoms with van der Waals surface area (Å²) in [7, 11) is 0. The minimum Gasteiger partial charge on any atom is -0.504 e. The summed E-state index contributed by atoms with van der Waals surface area (Å²) in [5.41, 5.74) is 0.881. The lowest BCUT2D eigenvalue weighted by molar-refractivity contribution is 0.0703. The monoisotopic (exact) mass is 346 g/mol. The zero-order chi connectivity index (χ0) is 17.3. The van der Waals surface area contributed by atoms with Crippen LogP contribution in [0.2, 0.25) is 0 Å². The maximum atomic E-state index is 11.7. The van der Waals surface area contributed by atoms with E-state index in [0.717, 1.165) is 11.3 Å². The van der Waals surface area contributed by atoms with Gasteiger partial charge in [-0.05, 0) is 17.7 Å². The first-order valence-corrected chi connectivity index (χ1v) is 7.99. The fourth-order valence-corrected chi connectivity index (χ4v) is 3.78. The Balaban J connectivity index is 2.19. The molecule has 7 nitrogen and oxygen atoms in total. The summed E-state index contributed by atoms with van der Waals surface area (Å²) in [6.07, 6.45) is 0. The normalized spacial score (nSPS) is 14.4. The molecular weight excluding hydrogens is 332 g/mol. The van der Waals surface area contributed by atoms with Crippen LogP contribution in [-0.4, -0.2) is 47.6 Å². The van der Waals surface area contributed by atoms with Crippen LogP contribution >= 0.6 is 11.3 Å². The highest BCUT2D eigenvalue weighted by Gasteiger charge is 2.28. The Kier molecular flexibility index (Phi) is 4.29. The molecule has 1 aliphatic rings. The second-order valence-corrected chi connectivity index (χ2v) is 6.21. The molecular formula is C16H14N2O5S. The third-order valence-electron chi connectivity index (χ3n) is 3.76. The standard InChI is InChI=1S/C16H14N2O5S/c17-8-10-13(9-1-2-11(19)12(20)7-9)14(16(21)22)24-15(10)18-3-5-23-6-4-18/h1-2,7,19-20H,3-6H2,(H,21,22). The van der Waals surface area contributed by atoms with E-state index in [2.05, 4.69) is 6.07 Å². The van der Waals surface area contributed by atoms with Crippen molar-refractivity contribution in [2.75, 3.05) is 31.2 Å². The maximum Gasteiger partial charge on any atom is 0.346 e. The number of carboxylic acid groups (broad SMARTS) is 1. The smallest absolute Gasteiger partial charge is 0.346 e. The van der Waals surface area contributed by atoms with E-state index in [9.17, 15) is 25.4 Å². The highest BCUT2D eigenvalue weighted by Crippen LogP contribution is 2.43. The molecule has 1 aliphatic heterocycles. The minimum atomic E-state index is -1.14. The quantitative estimate of drug-likeness (QED) is 0.730. The van der Waals surface area contributed by atoms with Crippen molar-refractivity contribution in [3.05, 3.63) is 28.6 Å². The van der Waals surface area contributed by atoms with Crippen LogP contribution in [0.5, 0.6) is 11.5 Å². The van der Waals surface area contributed by atoms with Crippen LogP contribution in [0.15, 0.2) is 18.2 Å². The summed E-state index contributed by atoms with van der Waals surface area (Å²) in [6.45, 7) is 2.18. The lowest BCUT2D eigenvalue weighted by Gasteiger charge is -2.27.